The molecular weight excluding hydrogens is 278 g/mol. The van der Waals surface area contributed by atoms with Crippen molar-refractivity contribution in [3.05, 3.63) is 35.4 Å². The van der Waals surface area contributed by atoms with E-state index in [0.29, 0.717) is 18.0 Å². The second-order valence-corrected chi connectivity index (χ2v) is 5.56. The molecular formula is C15H18F2N2O2. The molecule has 1 amide bonds. The van der Waals surface area contributed by atoms with Crippen LogP contribution in [0.25, 0.3) is 0 Å². The first-order valence-electron chi connectivity index (χ1n) is 7.20. The number of carbonyl (C=O) groups excluding carboxylic acids is 1. The maximum atomic E-state index is 13.4. The molecule has 0 spiro atoms. The summed E-state index contributed by atoms with van der Waals surface area (Å²) in [6.45, 7) is 2.29. The minimum atomic E-state index is -0.889. The molecule has 21 heavy (non-hydrogen) atoms. The monoisotopic (exact) mass is 296 g/mol. The molecule has 0 bridgehead atoms. The summed E-state index contributed by atoms with van der Waals surface area (Å²) in [6, 6.07) is 3.77. The fourth-order valence-corrected chi connectivity index (χ4v) is 2.93. The van der Waals surface area contributed by atoms with E-state index >= 15 is 0 Å². The normalized spacial score (nSPS) is 23.8. The first-order valence-corrected chi connectivity index (χ1v) is 7.20. The Kier molecular flexibility index (Phi) is 4.17. The molecule has 0 aromatic heterocycles. The number of hydrogen-bond donors (Lipinski definition) is 1. The van der Waals surface area contributed by atoms with Crippen molar-refractivity contribution in [2.45, 2.75) is 19.0 Å². The molecule has 3 rings (SSSR count). The van der Waals surface area contributed by atoms with Gasteiger partial charge in [-0.05, 0) is 36.5 Å². The molecule has 6 heteroatoms. The minimum Gasteiger partial charge on any atom is -0.381 e. The van der Waals surface area contributed by atoms with Crippen LogP contribution in [0.5, 0.6) is 0 Å². The van der Waals surface area contributed by atoms with E-state index in [9.17, 15) is 13.6 Å². The number of amides is 1. The van der Waals surface area contributed by atoms with E-state index in [-0.39, 0.29) is 18.6 Å². The third-order valence-electron chi connectivity index (χ3n) is 4.13. The van der Waals surface area contributed by atoms with Gasteiger partial charge < -0.3 is 9.64 Å². The summed E-state index contributed by atoms with van der Waals surface area (Å²) in [6.07, 6.45) is 1.47. The molecule has 0 radical (unpaired) electrons. The highest BCUT2D eigenvalue weighted by atomic mass is 19.2. The lowest BCUT2D eigenvalue weighted by molar-refractivity contribution is -0.129. The second-order valence-electron chi connectivity index (χ2n) is 5.56. The highest BCUT2D eigenvalue weighted by molar-refractivity contribution is 5.81. The highest BCUT2D eigenvalue weighted by Crippen LogP contribution is 2.27. The van der Waals surface area contributed by atoms with Crippen LogP contribution in [0, 0.1) is 17.6 Å². The number of nitrogens with one attached hydrogen (secondary N) is 1. The summed E-state index contributed by atoms with van der Waals surface area (Å²) >= 11 is 0. The zero-order valence-corrected chi connectivity index (χ0v) is 11.6. The molecule has 114 valence electrons. The van der Waals surface area contributed by atoms with Gasteiger partial charge in [0.1, 0.15) is 6.17 Å². The number of carbonyl (C=O) groups is 1. The topological polar surface area (TPSA) is 41.6 Å². The summed E-state index contributed by atoms with van der Waals surface area (Å²) < 4.78 is 31.8. The van der Waals surface area contributed by atoms with E-state index in [2.05, 4.69) is 5.32 Å². The number of hydrogen-bond acceptors (Lipinski definition) is 3. The molecule has 2 fully saturated rings. The Balaban J connectivity index is 1.76. The number of benzene rings is 1. The van der Waals surface area contributed by atoms with Gasteiger partial charge in [0.15, 0.2) is 11.6 Å². The Morgan fingerprint density at radius 2 is 2.00 bits per heavy atom. The Bertz CT molecular complexity index is 532. The van der Waals surface area contributed by atoms with E-state index in [4.69, 9.17) is 4.74 Å². The average Bonchev–Trinajstić information content (AvgIpc) is 2.85. The molecule has 1 aromatic rings. The highest BCUT2D eigenvalue weighted by Gasteiger charge is 2.33. The van der Waals surface area contributed by atoms with Crippen molar-refractivity contribution in [1.29, 1.82) is 0 Å². The summed E-state index contributed by atoms with van der Waals surface area (Å²) in [4.78, 5) is 13.8. The lowest BCUT2D eigenvalue weighted by atomic mass is 9.99. The van der Waals surface area contributed by atoms with Gasteiger partial charge in [-0.3, -0.25) is 10.1 Å². The van der Waals surface area contributed by atoms with Gasteiger partial charge >= 0.3 is 0 Å². The molecule has 2 saturated heterocycles. The molecule has 1 unspecified atom stereocenters. The van der Waals surface area contributed by atoms with Gasteiger partial charge in [-0.1, -0.05) is 6.07 Å². The number of halogens is 2. The minimum absolute atomic E-state index is 0.00350. The van der Waals surface area contributed by atoms with Crippen molar-refractivity contribution < 1.29 is 18.3 Å². The fraction of sp³-hybridized carbons (Fsp3) is 0.533. The van der Waals surface area contributed by atoms with E-state index < -0.39 is 11.6 Å². The quantitative estimate of drug-likeness (QED) is 0.925. The lowest BCUT2D eigenvalue weighted by Crippen LogP contribution is -2.36. The first kappa shape index (κ1) is 14.4. The van der Waals surface area contributed by atoms with Crippen LogP contribution in [0.1, 0.15) is 24.6 Å². The van der Waals surface area contributed by atoms with Crippen molar-refractivity contribution >= 4 is 5.91 Å². The third kappa shape index (κ3) is 3.06. The molecule has 4 nitrogen and oxygen atoms in total. The van der Waals surface area contributed by atoms with Gasteiger partial charge in [-0.2, -0.15) is 0 Å². The zero-order chi connectivity index (χ0) is 14.8. The Morgan fingerprint density at radius 1 is 1.24 bits per heavy atom. The van der Waals surface area contributed by atoms with Crippen LogP contribution in [0.15, 0.2) is 18.2 Å². The Morgan fingerprint density at radius 3 is 2.71 bits per heavy atom. The van der Waals surface area contributed by atoms with Crippen LogP contribution in [-0.2, 0) is 9.53 Å². The fourth-order valence-electron chi connectivity index (χ4n) is 2.93. The van der Waals surface area contributed by atoms with Crippen LogP contribution in [-0.4, -0.2) is 37.1 Å². The molecule has 2 heterocycles. The molecule has 2 aliphatic rings. The molecule has 1 atom stereocenters. The van der Waals surface area contributed by atoms with Gasteiger partial charge in [0.25, 0.3) is 0 Å². The Hall–Kier alpha value is -1.53. The van der Waals surface area contributed by atoms with Crippen LogP contribution in [0.4, 0.5) is 8.78 Å². The van der Waals surface area contributed by atoms with E-state index in [1.165, 1.54) is 6.07 Å². The molecule has 1 N–H and O–H groups in total. The van der Waals surface area contributed by atoms with Gasteiger partial charge in [0.2, 0.25) is 5.91 Å². The SMILES string of the molecule is O=C1CNC(c2ccc(F)c(F)c2)N1CC1CCOCC1. The molecule has 0 aliphatic carbocycles. The van der Waals surface area contributed by atoms with Gasteiger partial charge in [-0.25, -0.2) is 8.78 Å². The zero-order valence-electron chi connectivity index (χ0n) is 11.6. The van der Waals surface area contributed by atoms with Crippen molar-refractivity contribution in [2.24, 2.45) is 5.92 Å². The van der Waals surface area contributed by atoms with Crippen LogP contribution in [0.2, 0.25) is 0 Å². The largest absolute Gasteiger partial charge is 0.381 e. The van der Waals surface area contributed by atoms with E-state index in [1.54, 1.807) is 4.90 Å². The van der Waals surface area contributed by atoms with E-state index in [1.807, 2.05) is 0 Å². The van der Waals surface area contributed by atoms with Gasteiger partial charge in [0.05, 0.1) is 6.54 Å². The summed E-state index contributed by atoms with van der Waals surface area (Å²) in [5.74, 6) is -1.37. The molecule has 0 saturated carbocycles. The van der Waals surface area contributed by atoms with Crippen LogP contribution >= 0.6 is 0 Å². The van der Waals surface area contributed by atoms with Crippen molar-refractivity contribution in [3.63, 3.8) is 0 Å². The van der Waals surface area contributed by atoms with Crippen molar-refractivity contribution in [1.82, 2.24) is 10.2 Å². The molecule has 1 aromatic carbocycles. The van der Waals surface area contributed by atoms with Crippen molar-refractivity contribution in [2.75, 3.05) is 26.3 Å². The van der Waals surface area contributed by atoms with E-state index in [0.717, 1.165) is 38.2 Å². The second kappa shape index (κ2) is 6.07. The third-order valence-corrected chi connectivity index (χ3v) is 4.13. The van der Waals surface area contributed by atoms with Crippen LogP contribution in [0.3, 0.4) is 0 Å². The number of nitrogens with zero attached hydrogens (tertiary/aromatic N) is 1. The summed E-state index contributed by atoms with van der Waals surface area (Å²) in [7, 11) is 0. The number of ether oxygens (including phenoxy) is 1. The maximum absolute atomic E-state index is 13.4. The lowest BCUT2D eigenvalue weighted by Gasteiger charge is -2.31. The Labute approximate surface area is 122 Å². The van der Waals surface area contributed by atoms with Gasteiger partial charge in [0, 0.05) is 19.8 Å². The predicted octanol–water partition coefficient (Wildman–Crippen LogP) is 1.82. The molecule has 2 aliphatic heterocycles. The van der Waals surface area contributed by atoms with Gasteiger partial charge in [-0.15, -0.1) is 0 Å². The summed E-state index contributed by atoms with van der Waals surface area (Å²) in [5, 5.41) is 3.07. The van der Waals surface area contributed by atoms with Crippen LogP contribution < -0.4 is 5.32 Å². The summed E-state index contributed by atoms with van der Waals surface area (Å²) in [5.41, 5.74) is 0.576. The number of rotatable bonds is 3. The predicted molar refractivity (Wildman–Crippen MR) is 72.4 cm³/mol. The standard InChI is InChI=1S/C15H18F2N2O2/c16-12-2-1-11(7-13(12)17)15-18-8-14(20)19(15)9-10-3-5-21-6-4-10/h1-2,7,10,15,18H,3-6,8-9H2. The average molecular weight is 296 g/mol. The van der Waals surface area contributed by atoms with Crippen molar-refractivity contribution in [3.8, 4) is 0 Å². The smallest absolute Gasteiger partial charge is 0.238 e. The first-order chi connectivity index (χ1) is 10.1. The maximum Gasteiger partial charge on any atom is 0.238 e.